The number of rotatable bonds is 9. The molecule has 1 heterocycles. The second-order valence-corrected chi connectivity index (χ2v) is 6.37. The summed E-state index contributed by atoms with van der Waals surface area (Å²) in [5, 5.41) is 3.09. The highest BCUT2D eigenvalue weighted by Gasteiger charge is 2.30. The molecule has 1 aromatic rings. The van der Waals surface area contributed by atoms with E-state index in [1.54, 1.807) is 0 Å². The molecule has 0 bridgehead atoms. The zero-order valence-electron chi connectivity index (χ0n) is 14.9. The SMILES string of the molecule is CCN(CC)C(CNC(=O)[C@@H]1CC[C@H](CN)O1)Cc1ccccc1. The highest BCUT2D eigenvalue weighted by atomic mass is 16.5. The highest BCUT2D eigenvalue weighted by Crippen LogP contribution is 2.19. The lowest BCUT2D eigenvalue weighted by molar-refractivity contribution is -0.132. The summed E-state index contributed by atoms with van der Waals surface area (Å²) in [5.74, 6) is -0.00355. The molecule has 5 heteroatoms. The van der Waals surface area contributed by atoms with Crippen LogP contribution in [0.3, 0.4) is 0 Å². The van der Waals surface area contributed by atoms with Crippen molar-refractivity contribution in [2.75, 3.05) is 26.2 Å². The molecule has 1 amide bonds. The summed E-state index contributed by atoms with van der Waals surface area (Å²) in [5.41, 5.74) is 6.91. The van der Waals surface area contributed by atoms with Crippen LogP contribution in [0.15, 0.2) is 30.3 Å². The van der Waals surface area contributed by atoms with Crippen molar-refractivity contribution >= 4 is 5.91 Å². The van der Waals surface area contributed by atoms with Gasteiger partial charge in [-0.2, -0.15) is 0 Å². The molecule has 3 N–H and O–H groups in total. The molecule has 134 valence electrons. The molecule has 24 heavy (non-hydrogen) atoms. The number of nitrogens with zero attached hydrogens (tertiary/aromatic N) is 1. The maximum Gasteiger partial charge on any atom is 0.249 e. The molecule has 0 spiro atoms. The van der Waals surface area contributed by atoms with Gasteiger partial charge in [0.1, 0.15) is 6.10 Å². The van der Waals surface area contributed by atoms with Gasteiger partial charge in [-0.25, -0.2) is 0 Å². The van der Waals surface area contributed by atoms with Crippen molar-refractivity contribution in [3.8, 4) is 0 Å². The summed E-state index contributed by atoms with van der Waals surface area (Å²) in [6.07, 6.45) is 2.26. The van der Waals surface area contributed by atoms with Crippen LogP contribution in [0.2, 0.25) is 0 Å². The number of carbonyl (C=O) groups excluding carboxylic acids is 1. The lowest BCUT2D eigenvalue weighted by Crippen LogP contribution is -2.47. The van der Waals surface area contributed by atoms with Gasteiger partial charge >= 0.3 is 0 Å². The summed E-state index contributed by atoms with van der Waals surface area (Å²) in [7, 11) is 0. The van der Waals surface area contributed by atoms with Gasteiger partial charge in [-0.15, -0.1) is 0 Å². The summed E-state index contributed by atoms with van der Waals surface area (Å²) in [6.45, 7) is 7.39. The third-order valence-electron chi connectivity index (χ3n) is 4.82. The Kier molecular flexibility index (Phi) is 7.69. The molecule has 0 saturated carbocycles. The summed E-state index contributed by atoms with van der Waals surface area (Å²) in [6, 6.07) is 10.7. The van der Waals surface area contributed by atoms with E-state index in [0.717, 1.165) is 32.4 Å². The Bertz CT molecular complexity index is 491. The number of nitrogens with two attached hydrogens (primary N) is 1. The molecule has 1 fully saturated rings. The lowest BCUT2D eigenvalue weighted by Gasteiger charge is -2.30. The van der Waals surface area contributed by atoms with Crippen molar-refractivity contribution in [1.82, 2.24) is 10.2 Å². The standard InChI is InChI=1S/C19H31N3O2/c1-3-22(4-2)16(12-15-8-6-5-7-9-15)14-21-19(23)18-11-10-17(13-20)24-18/h5-9,16-18H,3-4,10-14,20H2,1-2H3,(H,21,23)/t16?,17-,18+/m1/s1. The highest BCUT2D eigenvalue weighted by molar-refractivity contribution is 5.81. The van der Waals surface area contributed by atoms with Gasteiger partial charge in [0.2, 0.25) is 5.91 Å². The third kappa shape index (κ3) is 5.30. The fourth-order valence-corrected chi connectivity index (χ4v) is 3.36. The quantitative estimate of drug-likeness (QED) is 0.720. The van der Waals surface area contributed by atoms with Gasteiger partial charge in [-0.1, -0.05) is 44.2 Å². The normalized spacial score (nSPS) is 21.8. The van der Waals surface area contributed by atoms with Gasteiger partial charge in [0.25, 0.3) is 0 Å². The molecule has 0 radical (unpaired) electrons. The molecule has 3 atom stereocenters. The van der Waals surface area contributed by atoms with Crippen molar-refractivity contribution in [1.29, 1.82) is 0 Å². The Balaban J connectivity index is 1.91. The minimum absolute atomic E-state index is 0.00355. The smallest absolute Gasteiger partial charge is 0.249 e. The summed E-state index contributed by atoms with van der Waals surface area (Å²) < 4.78 is 5.69. The molecule has 1 saturated heterocycles. The fourth-order valence-electron chi connectivity index (χ4n) is 3.36. The fraction of sp³-hybridized carbons (Fsp3) is 0.632. The van der Waals surface area contributed by atoms with E-state index in [9.17, 15) is 4.79 Å². The maximum atomic E-state index is 12.4. The van der Waals surface area contributed by atoms with E-state index in [-0.39, 0.29) is 24.2 Å². The molecule has 2 rings (SSSR count). The minimum Gasteiger partial charge on any atom is -0.364 e. The van der Waals surface area contributed by atoms with Gasteiger partial charge in [-0.05, 0) is 37.9 Å². The van der Waals surface area contributed by atoms with Crippen LogP contribution in [0.1, 0.15) is 32.3 Å². The molecule has 1 aromatic carbocycles. The second-order valence-electron chi connectivity index (χ2n) is 6.37. The predicted molar refractivity (Wildman–Crippen MR) is 96.8 cm³/mol. The van der Waals surface area contributed by atoms with E-state index < -0.39 is 0 Å². The topological polar surface area (TPSA) is 67.6 Å². The number of hydrogen-bond donors (Lipinski definition) is 2. The van der Waals surface area contributed by atoms with Crippen molar-refractivity contribution in [3.63, 3.8) is 0 Å². The summed E-state index contributed by atoms with van der Waals surface area (Å²) in [4.78, 5) is 14.8. The maximum absolute atomic E-state index is 12.4. The first kappa shape index (κ1) is 18.9. The van der Waals surface area contributed by atoms with Gasteiger partial charge < -0.3 is 15.8 Å². The van der Waals surface area contributed by atoms with Gasteiger partial charge in [-0.3, -0.25) is 9.69 Å². The molecule has 5 nitrogen and oxygen atoms in total. The molecule has 1 aliphatic rings. The second kappa shape index (κ2) is 9.77. The van der Waals surface area contributed by atoms with Crippen LogP contribution < -0.4 is 11.1 Å². The lowest BCUT2D eigenvalue weighted by atomic mass is 10.0. The number of hydrogen-bond acceptors (Lipinski definition) is 4. The first-order valence-corrected chi connectivity index (χ1v) is 9.09. The van der Waals surface area contributed by atoms with Crippen LogP contribution >= 0.6 is 0 Å². The summed E-state index contributed by atoms with van der Waals surface area (Å²) >= 11 is 0. The molecular formula is C19H31N3O2. The molecule has 0 aliphatic carbocycles. The van der Waals surface area contributed by atoms with E-state index in [1.807, 2.05) is 6.07 Å². The number of carbonyl (C=O) groups is 1. The van der Waals surface area contributed by atoms with Crippen molar-refractivity contribution in [2.45, 2.75) is 51.4 Å². The Labute approximate surface area is 145 Å². The van der Waals surface area contributed by atoms with Crippen LogP contribution in [-0.2, 0) is 16.0 Å². The first-order chi connectivity index (χ1) is 11.7. The zero-order chi connectivity index (χ0) is 17.4. The van der Waals surface area contributed by atoms with Crippen molar-refractivity contribution < 1.29 is 9.53 Å². The Morgan fingerprint density at radius 1 is 1.29 bits per heavy atom. The molecule has 1 aliphatic heterocycles. The number of ether oxygens (including phenoxy) is 1. The van der Waals surface area contributed by atoms with Gasteiger partial charge in [0, 0.05) is 19.1 Å². The monoisotopic (exact) mass is 333 g/mol. The zero-order valence-corrected chi connectivity index (χ0v) is 14.9. The van der Waals surface area contributed by atoms with Crippen LogP contribution in [0.5, 0.6) is 0 Å². The van der Waals surface area contributed by atoms with E-state index in [4.69, 9.17) is 10.5 Å². The minimum atomic E-state index is -0.340. The van der Waals surface area contributed by atoms with Crippen molar-refractivity contribution in [2.24, 2.45) is 5.73 Å². The first-order valence-electron chi connectivity index (χ1n) is 9.09. The Morgan fingerprint density at radius 2 is 2.00 bits per heavy atom. The number of nitrogens with one attached hydrogen (secondary N) is 1. The van der Waals surface area contributed by atoms with Gasteiger partial charge in [0.15, 0.2) is 0 Å². The largest absolute Gasteiger partial charge is 0.364 e. The number of amides is 1. The van der Waals surface area contributed by atoms with Crippen molar-refractivity contribution in [3.05, 3.63) is 35.9 Å². The molecule has 0 aromatic heterocycles. The van der Waals surface area contributed by atoms with Crippen LogP contribution in [-0.4, -0.2) is 55.2 Å². The van der Waals surface area contributed by atoms with E-state index >= 15 is 0 Å². The van der Waals surface area contributed by atoms with E-state index in [0.29, 0.717) is 13.1 Å². The number of likely N-dealkylation sites (N-methyl/N-ethyl adjacent to an activating group) is 1. The Hall–Kier alpha value is -1.43. The predicted octanol–water partition coefficient (Wildman–Crippen LogP) is 1.56. The average molecular weight is 333 g/mol. The van der Waals surface area contributed by atoms with Crippen LogP contribution in [0.4, 0.5) is 0 Å². The average Bonchev–Trinajstić information content (AvgIpc) is 3.10. The van der Waals surface area contributed by atoms with E-state index in [1.165, 1.54) is 5.56 Å². The van der Waals surface area contributed by atoms with Crippen LogP contribution in [0, 0.1) is 0 Å². The van der Waals surface area contributed by atoms with Crippen LogP contribution in [0.25, 0.3) is 0 Å². The molecule has 1 unspecified atom stereocenters. The van der Waals surface area contributed by atoms with E-state index in [2.05, 4.69) is 48.3 Å². The third-order valence-corrected chi connectivity index (χ3v) is 4.82. The number of benzene rings is 1. The molecular weight excluding hydrogens is 302 g/mol. The van der Waals surface area contributed by atoms with Gasteiger partial charge in [0.05, 0.1) is 6.10 Å². The Morgan fingerprint density at radius 3 is 2.58 bits per heavy atom.